The van der Waals surface area contributed by atoms with E-state index in [1.165, 1.54) is 4.90 Å². The molecule has 0 saturated carbocycles. The van der Waals surface area contributed by atoms with Crippen molar-refractivity contribution in [3.05, 3.63) is 93.8 Å². The van der Waals surface area contributed by atoms with Gasteiger partial charge < -0.3 is 9.64 Å². The smallest absolute Gasteiger partial charge is 0.416 e. The fourth-order valence-electron chi connectivity index (χ4n) is 5.31. The number of piperazine rings is 1. The third-order valence-electron chi connectivity index (χ3n) is 7.70. The van der Waals surface area contributed by atoms with E-state index in [1.54, 1.807) is 25.6 Å². The van der Waals surface area contributed by atoms with Crippen molar-refractivity contribution in [1.29, 1.82) is 0 Å². The van der Waals surface area contributed by atoms with Crippen molar-refractivity contribution in [3.8, 4) is 5.75 Å². The average Bonchev–Trinajstić information content (AvgIpc) is 2.94. The second-order valence-corrected chi connectivity index (χ2v) is 10.7. The number of hydrogen-bond donors (Lipinski definition) is 0. The number of benzene rings is 2. The third-order valence-corrected chi connectivity index (χ3v) is 7.70. The highest BCUT2D eigenvalue weighted by Gasteiger charge is 2.39. The molecule has 4 rings (SSSR count). The molecule has 1 amide bonds. The number of pyridine rings is 1. The van der Waals surface area contributed by atoms with Gasteiger partial charge in [-0.15, -0.1) is 24.8 Å². The van der Waals surface area contributed by atoms with E-state index in [1.807, 2.05) is 32.0 Å². The summed E-state index contributed by atoms with van der Waals surface area (Å²) in [7, 11) is 1.59. The van der Waals surface area contributed by atoms with E-state index in [0.29, 0.717) is 44.6 Å². The number of alkyl halides is 6. The van der Waals surface area contributed by atoms with Crippen LogP contribution in [0.3, 0.4) is 0 Å². The third kappa shape index (κ3) is 9.25. The van der Waals surface area contributed by atoms with Crippen molar-refractivity contribution in [1.82, 2.24) is 14.8 Å². The Morgan fingerprint density at radius 1 is 0.932 bits per heavy atom. The Balaban J connectivity index is 0.00000337. The lowest BCUT2D eigenvalue weighted by Crippen LogP contribution is -2.56. The van der Waals surface area contributed by atoms with Gasteiger partial charge in [-0.05, 0) is 80.6 Å². The van der Waals surface area contributed by atoms with E-state index in [0.717, 1.165) is 34.4 Å². The Morgan fingerprint density at radius 2 is 1.59 bits per heavy atom. The first-order valence-corrected chi connectivity index (χ1v) is 13.6. The highest BCUT2D eigenvalue weighted by atomic mass is 35.5. The Labute approximate surface area is 265 Å². The van der Waals surface area contributed by atoms with Crippen molar-refractivity contribution in [2.45, 2.75) is 51.5 Å². The molecule has 1 aliphatic heterocycles. The fourth-order valence-corrected chi connectivity index (χ4v) is 5.31. The molecule has 2 aromatic carbocycles. The first kappa shape index (κ1) is 37.2. The molecule has 0 N–H and O–H groups in total. The van der Waals surface area contributed by atoms with Gasteiger partial charge in [0.2, 0.25) is 0 Å². The number of halogens is 8. The maximum Gasteiger partial charge on any atom is 0.416 e. The van der Waals surface area contributed by atoms with Crippen LogP contribution in [0.2, 0.25) is 0 Å². The number of nitrogens with zero attached hydrogens (tertiary/aromatic N) is 3. The minimum atomic E-state index is -5.04. The molecule has 0 radical (unpaired) electrons. The number of hydrogen-bond acceptors (Lipinski definition) is 4. The molecule has 5 nitrogen and oxygen atoms in total. The van der Waals surface area contributed by atoms with Crippen molar-refractivity contribution >= 4 is 30.7 Å². The number of methoxy groups -OCH3 is 1. The second kappa shape index (κ2) is 15.3. The van der Waals surface area contributed by atoms with Crippen LogP contribution < -0.4 is 4.74 Å². The molecule has 0 unspecified atom stereocenters. The van der Waals surface area contributed by atoms with Crippen LogP contribution >= 0.6 is 24.8 Å². The van der Waals surface area contributed by atoms with E-state index < -0.39 is 41.0 Å². The maximum absolute atomic E-state index is 13.6. The van der Waals surface area contributed by atoms with Crippen LogP contribution in [-0.2, 0) is 25.2 Å². The van der Waals surface area contributed by atoms with E-state index in [4.69, 9.17) is 4.74 Å². The molecule has 0 bridgehead atoms. The predicted octanol–water partition coefficient (Wildman–Crippen LogP) is 7.59. The summed E-state index contributed by atoms with van der Waals surface area (Å²) in [6, 6.07) is 8.29. The summed E-state index contributed by atoms with van der Waals surface area (Å²) in [6.07, 6.45) is -4.78. The lowest BCUT2D eigenvalue weighted by molar-refractivity contribution is -0.143. The quantitative estimate of drug-likeness (QED) is 0.233. The van der Waals surface area contributed by atoms with Crippen molar-refractivity contribution in [2.24, 2.45) is 0 Å². The molecule has 1 fully saturated rings. The summed E-state index contributed by atoms with van der Waals surface area (Å²) >= 11 is 0. The molecule has 3 aromatic rings. The number of rotatable bonds is 8. The Bertz CT molecular complexity index is 1390. The number of ether oxygens (including phenoxy) is 1. The minimum Gasteiger partial charge on any atom is -0.496 e. The molecule has 0 aliphatic carbocycles. The molecule has 2 heterocycles. The summed E-state index contributed by atoms with van der Waals surface area (Å²) in [4.78, 5) is 21.4. The van der Waals surface area contributed by atoms with Gasteiger partial charge >= 0.3 is 12.4 Å². The van der Waals surface area contributed by atoms with Gasteiger partial charge in [-0.25, -0.2) is 0 Å². The SMILES string of the molecule is COc1ccncc1CCCN1CCN(C(=O)c2cc(C(F)(F)F)cc(C(F)(F)F)c2)[C@H](Cc2ccc(C)c(C)c2)C1.Cl.Cl. The summed E-state index contributed by atoms with van der Waals surface area (Å²) in [6.45, 7) is 5.65. The molecule has 1 atom stereocenters. The number of carbonyl (C=O) groups is 1. The predicted molar refractivity (Wildman–Crippen MR) is 161 cm³/mol. The summed E-state index contributed by atoms with van der Waals surface area (Å²) in [5.74, 6) is -0.104. The van der Waals surface area contributed by atoms with Crippen molar-refractivity contribution < 1.29 is 35.9 Å². The van der Waals surface area contributed by atoms with E-state index in [2.05, 4.69) is 9.88 Å². The molecule has 242 valence electrons. The molecule has 0 spiro atoms. The Kier molecular flexibility index (Phi) is 12.9. The van der Waals surface area contributed by atoms with Crippen LogP contribution in [0.25, 0.3) is 0 Å². The van der Waals surface area contributed by atoms with Crippen LogP contribution in [0, 0.1) is 13.8 Å². The van der Waals surface area contributed by atoms with Gasteiger partial charge in [-0.1, -0.05) is 18.2 Å². The van der Waals surface area contributed by atoms with Gasteiger partial charge in [0.1, 0.15) is 5.75 Å². The molecular weight excluding hydrogens is 631 g/mol. The van der Waals surface area contributed by atoms with E-state index in [9.17, 15) is 31.1 Å². The summed E-state index contributed by atoms with van der Waals surface area (Å²) in [5.41, 5.74) is 0.405. The lowest BCUT2D eigenvalue weighted by Gasteiger charge is -2.42. The van der Waals surface area contributed by atoms with Gasteiger partial charge in [-0.3, -0.25) is 14.7 Å². The van der Waals surface area contributed by atoms with Crippen LogP contribution in [0.15, 0.2) is 54.9 Å². The molecule has 1 aliphatic rings. The normalized spacial score (nSPS) is 15.8. The zero-order valence-corrected chi connectivity index (χ0v) is 26.1. The number of carbonyl (C=O) groups excluding carboxylic acids is 1. The Morgan fingerprint density at radius 3 is 2.18 bits per heavy atom. The monoisotopic (exact) mass is 665 g/mol. The van der Waals surface area contributed by atoms with E-state index in [-0.39, 0.29) is 37.4 Å². The minimum absolute atomic E-state index is 0. The second-order valence-electron chi connectivity index (χ2n) is 10.7. The van der Waals surface area contributed by atoms with Crippen LogP contribution in [0.5, 0.6) is 5.75 Å². The summed E-state index contributed by atoms with van der Waals surface area (Å²) in [5, 5.41) is 0. The Hall–Kier alpha value is -3.02. The van der Waals surface area contributed by atoms with Crippen molar-refractivity contribution in [2.75, 3.05) is 33.3 Å². The zero-order valence-electron chi connectivity index (χ0n) is 24.5. The molecule has 44 heavy (non-hydrogen) atoms. The number of amides is 1. The van der Waals surface area contributed by atoms with Gasteiger partial charge in [0.25, 0.3) is 5.91 Å². The largest absolute Gasteiger partial charge is 0.496 e. The van der Waals surface area contributed by atoms with E-state index >= 15 is 0 Å². The molecular formula is C31H35Cl2F6N3O2. The van der Waals surface area contributed by atoms with Gasteiger partial charge in [0.05, 0.1) is 18.2 Å². The number of aryl methyl sites for hydroxylation is 3. The van der Waals surface area contributed by atoms with Crippen LogP contribution in [-0.4, -0.2) is 60.0 Å². The maximum atomic E-state index is 13.6. The molecule has 1 aromatic heterocycles. The lowest BCUT2D eigenvalue weighted by atomic mass is 9.97. The standard InChI is InChI=1S/C31H33F6N3O2.2ClH/c1-20-6-7-22(13-21(20)2)14-27-19-39(10-4-5-23-18-38-9-8-28(23)42-3)11-12-40(27)29(41)24-15-25(30(32,33)34)17-26(16-24)31(35,36)37;;/h6-9,13,15-18,27H,4-5,10-12,14,19H2,1-3H3;2*1H/t27-;;/m1../s1. The fraction of sp³-hybridized carbons (Fsp3) is 0.419. The summed E-state index contributed by atoms with van der Waals surface area (Å²) < 4.78 is 86.4. The first-order chi connectivity index (χ1) is 19.8. The highest BCUT2D eigenvalue weighted by Crippen LogP contribution is 2.37. The zero-order chi connectivity index (χ0) is 30.7. The molecule has 13 heteroatoms. The number of aromatic nitrogens is 1. The first-order valence-electron chi connectivity index (χ1n) is 13.6. The van der Waals surface area contributed by atoms with Crippen LogP contribution in [0.1, 0.15) is 50.2 Å². The average molecular weight is 667 g/mol. The van der Waals surface area contributed by atoms with Gasteiger partial charge in [0, 0.05) is 49.2 Å². The molecule has 1 saturated heterocycles. The van der Waals surface area contributed by atoms with Gasteiger partial charge in [0.15, 0.2) is 0 Å². The highest BCUT2D eigenvalue weighted by molar-refractivity contribution is 5.95. The van der Waals surface area contributed by atoms with Crippen LogP contribution in [0.4, 0.5) is 26.3 Å². The van der Waals surface area contributed by atoms with Gasteiger partial charge in [-0.2, -0.15) is 26.3 Å². The van der Waals surface area contributed by atoms with Crippen molar-refractivity contribution in [3.63, 3.8) is 0 Å². The topological polar surface area (TPSA) is 45.7 Å².